The van der Waals surface area contributed by atoms with E-state index in [0.29, 0.717) is 61.1 Å². The van der Waals surface area contributed by atoms with Crippen LogP contribution in [-0.4, -0.2) is 134 Å². The molecule has 366 valence electrons. The summed E-state index contributed by atoms with van der Waals surface area (Å²) in [5.41, 5.74) is -0.243. The monoisotopic (exact) mass is 964 g/mol. The zero-order valence-corrected chi connectivity index (χ0v) is 39.7. The van der Waals surface area contributed by atoms with Gasteiger partial charge in [0.25, 0.3) is 0 Å². The van der Waals surface area contributed by atoms with Crippen LogP contribution in [0.4, 0.5) is 30.6 Å². The molecule has 2 aromatic heterocycles. The number of amides is 2. The Bertz CT molecular complexity index is 2850. The van der Waals surface area contributed by atoms with Crippen LogP contribution in [0.15, 0.2) is 34.1 Å². The third kappa shape index (κ3) is 8.87. The Kier molecular flexibility index (Phi) is 11.9. The van der Waals surface area contributed by atoms with Gasteiger partial charge >= 0.3 is 11.9 Å². The second kappa shape index (κ2) is 17.4. The number of benzene rings is 1. The summed E-state index contributed by atoms with van der Waals surface area (Å²) in [7, 11) is -2.08. The van der Waals surface area contributed by atoms with Crippen LogP contribution in [0.25, 0.3) is 11.8 Å². The summed E-state index contributed by atoms with van der Waals surface area (Å²) in [5, 5.41) is 17.6. The molecule has 5 atom stereocenters. The van der Waals surface area contributed by atoms with Gasteiger partial charge in [-0.25, -0.2) is 27.5 Å². The average Bonchev–Trinajstić information content (AvgIpc) is 3.51. The van der Waals surface area contributed by atoms with Gasteiger partial charge in [-0.05, 0) is 94.9 Å². The van der Waals surface area contributed by atoms with E-state index in [-0.39, 0.29) is 53.2 Å². The molecular weight excluding hydrogens is 904 g/mol. The lowest BCUT2D eigenvalue weighted by atomic mass is 9.81. The van der Waals surface area contributed by atoms with Gasteiger partial charge in [-0.2, -0.15) is 18.2 Å². The summed E-state index contributed by atoms with van der Waals surface area (Å²) in [5.74, 6) is -0.489. The highest BCUT2D eigenvalue weighted by molar-refractivity contribution is 7.89. The molecule has 7 fully saturated rings. The first-order valence-electron chi connectivity index (χ1n) is 24.0. The number of piperazine rings is 1. The number of β-amino-alcohol motifs (C(OH)–C–C–N with tert-alkyl or cyclic N) is 1. The van der Waals surface area contributed by atoms with Crippen molar-refractivity contribution < 1.29 is 40.9 Å². The molecular formula is C47H61F3N11O6S+. The molecule has 4 N–H and O–H groups in total. The first-order valence-corrected chi connectivity index (χ1v) is 25.5. The van der Waals surface area contributed by atoms with Crippen LogP contribution in [0.3, 0.4) is 0 Å². The number of imide groups is 1. The number of hydrogen-bond donors (Lipinski definition) is 4. The normalized spacial score (nSPS) is 29.2. The molecule has 3 aromatic rings. The number of sulfonamides is 1. The van der Waals surface area contributed by atoms with E-state index >= 15 is 0 Å². The number of aliphatic hydroxyl groups is 1. The zero-order chi connectivity index (χ0) is 48.0. The molecule has 2 aliphatic carbocycles. The number of imidazole rings is 1. The molecule has 2 bridgehead atoms. The fourth-order valence-electron chi connectivity index (χ4n) is 11.8. The number of alkyl halides is 3. The van der Waals surface area contributed by atoms with E-state index in [2.05, 4.69) is 58.9 Å². The Morgan fingerprint density at radius 1 is 1.03 bits per heavy atom. The van der Waals surface area contributed by atoms with Crippen LogP contribution in [0.5, 0.6) is 0 Å². The number of likely N-dealkylation sites (tertiary alicyclic amines) is 1. The lowest BCUT2D eigenvalue weighted by Crippen LogP contribution is -2.68. The van der Waals surface area contributed by atoms with Gasteiger partial charge < -0.3 is 20.2 Å². The maximum Gasteiger partial charge on any atom is 0.421 e. The highest BCUT2D eigenvalue weighted by Crippen LogP contribution is 2.39. The number of halogens is 3. The van der Waals surface area contributed by atoms with Crippen LogP contribution in [0, 0.1) is 18.8 Å². The molecule has 6 aliphatic heterocycles. The highest BCUT2D eigenvalue weighted by Gasteiger charge is 2.53. The first kappa shape index (κ1) is 46.6. The number of piperidine rings is 4. The molecule has 6 saturated heterocycles. The Morgan fingerprint density at radius 2 is 1.76 bits per heavy atom. The number of rotatable bonds is 10. The summed E-state index contributed by atoms with van der Waals surface area (Å²) < 4.78 is 77.8. The largest absolute Gasteiger partial charge is 0.421 e. The minimum Gasteiger partial charge on any atom is -0.388 e. The van der Waals surface area contributed by atoms with Gasteiger partial charge in [-0.3, -0.25) is 28.9 Å². The number of aryl methyl sites for hydroxylation is 1. The van der Waals surface area contributed by atoms with E-state index in [0.717, 1.165) is 87.3 Å². The lowest BCUT2D eigenvalue weighted by molar-refractivity contribution is -0.675. The first-order chi connectivity index (χ1) is 32.2. The zero-order valence-electron chi connectivity index (χ0n) is 38.9. The Labute approximate surface area is 392 Å². The molecule has 11 rings (SSSR count). The van der Waals surface area contributed by atoms with Crippen molar-refractivity contribution in [2.45, 2.75) is 132 Å². The van der Waals surface area contributed by atoms with Crippen molar-refractivity contribution in [3.05, 3.63) is 56.7 Å². The number of aromatic nitrogens is 4. The minimum atomic E-state index is -4.70. The van der Waals surface area contributed by atoms with E-state index in [1.54, 1.807) is 36.1 Å². The Balaban J connectivity index is 0.724. The molecule has 2 amide bonds. The second-order valence-corrected chi connectivity index (χ2v) is 22.3. The van der Waals surface area contributed by atoms with Crippen LogP contribution in [0.2, 0.25) is 0 Å². The minimum absolute atomic E-state index is 0.00582. The molecule has 21 heteroatoms. The number of fused-ring (bicyclic) bond motifs is 3. The van der Waals surface area contributed by atoms with Crippen molar-refractivity contribution in [1.82, 2.24) is 38.9 Å². The molecule has 68 heavy (non-hydrogen) atoms. The van der Waals surface area contributed by atoms with Crippen molar-refractivity contribution in [3.63, 3.8) is 0 Å². The molecule has 1 saturated carbocycles. The van der Waals surface area contributed by atoms with E-state index in [4.69, 9.17) is 0 Å². The van der Waals surface area contributed by atoms with Gasteiger partial charge in [-0.1, -0.05) is 13.0 Å². The summed E-state index contributed by atoms with van der Waals surface area (Å²) in [6, 6.07) is 4.82. The number of nitrogens with zero attached hydrogens (tertiary/aromatic N) is 8. The van der Waals surface area contributed by atoms with Crippen molar-refractivity contribution in [2.75, 3.05) is 49.5 Å². The highest BCUT2D eigenvalue weighted by atomic mass is 32.2. The van der Waals surface area contributed by atoms with Gasteiger partial charge in [0.2, 0.25) is 27.8 Å². The number of carbonyl (C=O) groups excluding carboxylic acids is 2. The number of carbonyl (C=O) groups is 2. The topological polar surface area (TPSA) is 190 Å². The number of anilines is 3. The van der Waals surface area contributed by atoms with E-state index in [9.17, 15) is 41.1 Å². The maximum atomic E-state index is 14.0. The van der Waals surface area contributed by atoms with Crippen LogP contribution >= 0.6 is 0 Å². The molecule has 8 heterocycles. The number of nitrogens with one attached hydrogen (secondary N) is 3. The van der Waals surface area contributed by atoms with E-state index in [1.165, 1.54) is 17.0 Å². The summed E-state index contributed by atoms with van der Waals surface area (Å²) in [4.78, 5) is 53.0. The van der Waals surface area contributed by atoms with E-state index < -0.39 is 39.3 Å². The van der Waals surface area contributed by atoms with E-state index in [1.807, 2.05) is 0 Å². The lowest BCUT2D eigenvalue weighted by Gasteiger charge is -2.51. The van der Waals surface area contributed by atoms with Crippen LogP contribution in [0.1, 0.15) is 95.2 Å². The third-order valence-electron chi connectivity index (χ3n) is 15.4. The van der Waals surface area contributed by atoms with Crippen molar-refractivity contribution >= 4 is 57.3 Å². The predicted octanol–water partition coefficient (Wildman–Crippen LogP) is 2.07. The Morgan fingerprint density at radius 3 is 2.44 bits per heavy atom. The predicted molar refractivity (Wildman–Crippen MR) is 247 cm³/mol. The fourth-order valence-corrected chi connectivity index (χ4v) is 13.1. The van der Waals surface area contributed by atoms with Crippen molar-refractivity contribution in [3.8, 4) is 0 Å². The summed E-state index contributed by atoms with van der Waals surface area (Å²) in [6.07, 6.45) is 7.49. The summed E-state index contributed by atoms with van der Waals surface area (Å²) in [6.45, 7) is 9.38. The van der Waals surface area contributed by atoms with Gasteiger partial charge in [0.1, 0.15) is 23.6 Å². The van der Waals surface area contributed by atoms with Crippen molar-refractivity contribution in [2.24, 2.45) is 18.9 Å². The fraction of sp³-hybridized carbons (Fsp3) is 0.617. The molecule has 17 nitrogen and oxygen atoms in total. The maximum absolute atomic E-state index is 14.0. The molecule has 0 spiro atoms. The molecule has 4 unspecified atom stereocenters. The smallest absolute Gasteiger partial charge is 0.388 e. The molecule has 1 aromatic carbocycles. The standard InChI is InChI=1S/C47H60F3N11O6S/c1-27-16-38(41-39(17-27)61(45(64)56(41)4)37-8-9-40(62)53-43(37)63)57-14-10-29(11-15-57)23-60-32-21-33(60)25-59(24-32)31-19-30(20-31)55-68(66,67)34-6-7-36(28(2)18-34)52-44-51-22-35(47(48,49)50)42(54-44)58-13-5-12-46(3,65)26-58/h6-7,17-18,22-23,27,29-33,37,55,65H,5,8-16,19-21,24-26H2,1-4H3,(H-,51,52,53,54,62,63)/p+1/t27?,30?,31?,32?,33?,37?,46-/m0/s1. The Hall–Kier alpha value is -5.12. The third-order valence-corrected chi connectivity index (χ3v) is 16.9. The van der Waals surface area contributed by atoms with Crippen LogP contribution < -0.4 is 36.6 Å². The molecule has 0 radical (unpaired) electrons. The SMILES string of the molecule is Cc1cc(S(=O)(=O)NC2CC(N3CC4CC(C3)[N+]4=CC3CCN(C4=c5c(n(C6CCC(=O)NC6=O)c(=O)n5C)=CC(C)C4)CC3)C2)ccc1Nc1ncc(C(F)(F)F)c(N2CCC[C@](C)(O)C2)n1. The molecule has 8 aliphatic rings. The van der Waals surface area contributed by atoms with Gasteiger partial charge in [0, 0.05) is 75.2 Å². The second-order valence-electron chi connectivity index (χ2n) is 20.6. The van der Waals surface area contributed by atoms with Gasteiger partial charge in [0.05, 0.1) is 40.7 Å². The van der Waals surface area contributed by atoms with Gasteiger partial charge in [-0.15, -0.1) is 0 Å². The number of hydrogen-bond acceptors (Lipinski definition) is 12. The summed E-state index contributed by atoms with van der Waals surface area (Å²) >= 11 is 0. The van der Waals surface area contributed by atoms with Crippen LogP contribution in [-0.2, 0) is 32.8 Å². The average molecular weight is 965 g/mol. The quantitative estimate of drug-likeness (QED) is 0.171. The van der Waals surface area contributed by atoms with Crippen molar-refractivity contribution in [1.29, 1.82) is 0 Å². The van der Waals surface area contributed by atoms with Gasteiger partial charge in [0.15, 0.2) is 12.1 Å².